The van der Waals surface area contributed by atoms with Gasteiger partial charge in [-0.25, -0.2) is 0 Å². The van der Waals surface area contributed by atoms with Gasteiger partial charge < -0.3 is 14.9 Å². The third-order valence-corrected chi connectivity index (χ3v) is 3.70. The van der Waals surface area contributed by atoms with E-state index in [2.05, 4.69) is 41.0 Å². The van der Waals surface area contributed by atoms with Gasteiger partial charge in [0.1, 0.15) is 0 Å². The molecule has 0 heterocycles. The molecule has 0 radical (unpaired) electrons. The van der Waals surface area contributed by atoms with E-state index in [9.17, 15) is 4.79 Å². The van der Waals surface area contributed by atoms with Gasteiger partial charge in [0.25, 0.3) is 0 Å². The highest BCUT2D eigenvalue weighted by Crippen LogP contribution is 2.16. The van der Waals surface area contributed by atoms with Crippen LogP contribution in [-0.2, 0) is 11.2 Å². The normalized spacial score (nSPS) is 12.4. The van der Waals surface area contributed by atoms with E-state index in [4.69, 9.17) is 5.11 Å². The number of likely N-dealkylation sites (N-methyl/N-ethyl adjacent to an activating group) is 1. The Balaban J connectivity index is 2.60. The van der Waals surface area contributed by atoms with Crippen LogP contribution >= 0.6 is 0 Å². The molecule has 0 saturated heterocycles. The van der Waals surface area contributed by atoms with E-state index >= 15 is 0 Å². The van der Waals surface area contributed by atoms with Gasteiger partial charge in [-0.05, 0) is 37.6 Å². The smallest absolute Gasteiger partial charge is 0.304 e. The number of aliphatic carboxylic acids is 1. The fourth-order valence-corrected chi connectivity index (χ4v) is 2.27. The molecule has 0 aliphatic rings. The number of rotatable bonds is 8. The molecular formula is C16H26N2O2. The fourth-order valence-electron chi connectivity index (χ4n) is 2.27. The zero-order valence-electron chi connectivity index (χ0n) is 13.0. The SMILES string of the molecule is CCC(Cc1ccc(N(C)C)cc1)N(C)CCC(=O)O. The molecule has 1 rings (SSSR count). The summed E-state index contributed by atoms with van der Waals surface area (Å²) in [6.07, 6.45) is 2.18. The van der Waals surface area contributed by atoms with Gasteiger partial charge in [-0.3, -0.25) is 4.79 Å². The van der Waals surface area contributed by atoms with Crippen molar-refractivity contribution in [3.63, 3.8) is 0 Å². The lowest BCUT2D eigenvalue weighted by Gasteiger charge is -2.27. The number of hydrogen-bond donors (Lipinski definition) is 1. The molecular weight excluding hydrogens is 252 g/mol. The number of benzene rings is 1. The summed E-state index contributed by atoms with van der Waals surface area (Å²) in [5, 5.41) is 8.76. The number of carbonyl (C=O) groups is 1. The molecule has 1 aromatic rings. The van der Waals surface area contributed by atoms with Gasteiger partial charge in [-0.1, -0.05) is 19.1 Å². The number of nitrogens with zero attached hydrogens (tertiary/aromatic N) is 2. The molecule has 20 heavy (non-hydrogen) atoms. The molecule has 0 aliphatic heterocycles. The Hall–Kier alpha value is -1.55. The van der Waals surface area contributed by atoms with E-state index in [0.717, 1.165) is 12.8 Å². The molecule has 0 aromatic heterocycles. The standard InChI is InChI=1S/C16H26N2O2/c1-5-14(18(4)11-10-16(19)20)12-13-6-8-15(9-7-13)17(2)3/h6-9,14H,5,10-12H2,1-4H3,(H,19,20). The summed E-state index contributed by atoms with van der Waals surface area (Å²) in [5.74, 6) is -0.734. The van der Waals surface area contributed by atoms with Crippen molar-refractivity contribution in [2.45, 2.75) is 32.2 Å². The molecule has 112 valence electrons. The van der Waals surface area contributed by atoms with Crippen LogP contribution in [0.15, 0.2) is 24.3 Å². The van der Waals surface area contributed by atoms with Crippen LogP contribution in [0.3, 0.4) is 0 Å². The first-order chi connectivity index (χ1) is 9.43. The minimum atomic E-state index is -0.734. The van der Waals surface area contributed by atoms with E-state index in [0.29, 0.717) is 12.6 Å². The molecule has 0 aliphatic carbocycles. The molecule has 1 aromatic carbocycles. The maximum atomic E-state index is 10.6. The molecule has 4 heteroatoms. The van der Waals surface area contributed by atoms with Gasteiger partial charge in [0.15, 0.2) is 0 Å². The number of hydrogen-bond acceptors (Lipinski definition) is 3. The molecule has 1 N–H and O–H groups in total. The monoisotopic (exact) mass is 278 g/mol. The van der Waals surface area contributed by atoms with E-state index in [1.165, 1.54) is 11.3 Å². The first kappa shape index (κ1) is 16.5. The van der Waals surface area contributed by atoms with Gasteiger partial charge >= 0.3 is 5.97 Å². The lowest BCUT2D eigenvalue weighted by molar-refractivity contribution is -0.137. The first-order valence-electron chi connectivity index (χ1n) is 7.12. The molecule has 0 amide bonds. The number of carboxylic acids is 1. The number of anilines is 1. The Labute approximate surface area is 122 Å². The van der Waals surface area contributed by atoms with Crippen molar-refractivity contribution in [2.24, 2.45) is 0 Å². The first-order valence-corrected chi connectivity index (χ1v) is 7.12. The largest absolute Gasteiger partial charge is 0.481 e. The molecule has 0 saturated carbocycles. The minimum absolute atomic E-state index is 0.201. The Morgan fingerprint density at radius 2 is 1.80 bits per heavy atom. The van der Waals surface area contributed by atoms with Crippen LogP contribution in [0.1, 0.15) is 25.3 Å². The Kier molecular flexibility index (Phi) is 6.52. The van der Waals surface area contributed by atoms with E-state index in [1.807, 2.05) is 21.1 Å². The maximum Gasteiger partial charge on any atom is 0.304 e. The summed E-state index contributed by atoms with van der Waals surface area (Å²) in [7, 11) is 6.07. The van der Waals surface area contributed by atoms with E-state index < -0.39 is 5.97 Å². The second kappa shape index (κ2) is 7.90. The predicted octanol–water partition coefficient (Wildman–Crippen LogP) is 2.48. The Morgan fingerprint density at radius 1 is 1.20 bits per heavy atom. The van der Waals surface area contributed by atoms with Crippen molar-refractivity contribution in [1.29, 1.82) is 0 Å². The van der Waals surface area contributed by atoms with Gasteiger partial charge in [0, 0.05) is 32.4 Å². The molecule has 0 bridgehead atoms. The van der Waals surface area contributed by atoms with Crippen LogP contribution in [0.25, 0.3) is 0 Å². The van der Waals surface area contributed by atoms with Crippen molar-refractivity contribution >= 4 is 11.7 Å². The van der Waals surface area contributed by atoms with E-state index in [-0.39, 0.29) is 6.42 Å². The Morgan fingerprint density at radius 3 is 2.25 bits per heavy atom. The van der Waals surface area contributed by atoms with Crippen molar-refractivity contribution in [3.8, 4) is 0 Å². The van der Waals surface area contributed by atoms with Crippen molar-refractivity contribution < 1.29 is 9.90 Å². The highest BCUT2D eigenvalue weighted by Gasteiger charge is 2.14. The summed E-state index contributed by atoms with van der Waals surface area (Å²) in [6.45, 7) is 2.75. The van der Waals surface area contributed by atoms with Crippen molar-refractivity contribution in [3.05, 3.63) is 29.8 Å². The molecule has 1 atom stereocenters. The summed E-state index contributed by atoms with van der Waals surface area (Å²) in [5.41, 5.74) is 2.49. The van der Waals surface area contributed by atoms with Crippen LogP contribution in [0.5, 0.6) is 0 Å². The molecule has 0 fully saturated rings. The minimum Gasteiger partial charge on any atom is -0.481 e. The average Bonchev–Trinajstić information content (AvgIpc) is 2.42. The second-order valence-electron chi connectivity index (χ2n) is 5.45. The third kappa shape index (κ3) is 5.21. The second-order valence-corrected chi connectivity index (χ2v) is 5.45. The highest BCUT2D eigenvalue weighted by molar-refractivity contribution is 5.66. The van der Waals surface area contributed by atoms with Crippen LogP contribution < -0.4 is 4.90 Å². The number of carboxylic acid groups (broad SMARTS) is 1. The summed E-state index contributed by atoms with van der Waals surface area (Å²) < 4.78 is 0. The van der Waals surface area contributed by atoms with Crippen LogP contribution in [-0.4, -0.2) is 49.7 Å². The van der Waals surface area contributed by atoms with Crippen LogP contribution in [0.4, 0.5) is 5.69 Å². The highest BCUT2D eigenvalue weighted by atomic mass is 16.4. The average molecular weight is 278 g/mol. The van der Waals surface area contributed by atoms with E-state index in [1.54, 1.807) is 0 Å². The van der Waals surface area contributed by atoms with Crippen molar-refractivity contribution in [1.82, 2.24) is 4.90 Å². The van der Waals surface area contributed by atoms with Gasteiger partial charge in [0.2, 0.25) is 0 Å². The van der Waals surface area contributed by atoms with Gasteiger partial charge in [-0.2, -0.15) is 0 Å². The molecule has 4 nitrogen and oxygen atoms in total. The van der Waals surface area contributed by atoms with Crippen LogP contribution in [0, 0.1) is 0 Å². The Bertz CT molecular complexity index is 415. The topological polar surface area (TPSA) is 43.8 Å². The summed E-state index contributed by atoms with van der Waals surface area (Å²) >= 11 is 0. The lowest BCUT2D eigenvalue weighted by Crippen LogP contribution is -2.34. The summed E-state index contributed by atoms with van der Waals surface area (Å²) in [6, 6.07) is 8.95. The molecule has 0 spiro atoms. The molecule has 1 unspecified atom stereocenters. The van der Waals surface area contributed by atoms with Crippen LogP contribution in [0.2, 0.25) is 0 Å². The zero-order chi connectivity index (χ0) is 15.1. The predicted molar refractivity (Wildman–Crippen MR) is 83.4 cm³/mol. The lowest BCUT2D eigenvalue weighted by atomic mass is 10.0. The quantitative estimate of drug-likeness (QED) is 0.793. The van der Waals surface area contributed by atoms with Gasteiger partial charge in [-0.15, -0.1) is 0 Å². The third-order valence-electron chi connectivity index (χ3n) is 3.70. The fraction of sp³-hybridized carbons (Fsp3) is 0.562. The zero-order valence-corrected chi connectivity index (χ0v) is 13.0. The van der Waals surface area contributed by atoms with Gasteiger partial charge in [0.05, 0.1) is 6.42 Å². The maximum absolute atomic E-state index is 10.6. The van der Waals surface area contributed by atoms with Crippen molar-refractivity contribution in [2.75, 3.05) is 32.6 Å². The summed E-state index contributed by atoms with van der Waals surface area (Å²) in [4.78, 5) is 14.9.